The van der Waals surface area contributed by atoms with Crippen molar-refractivity contribution in [2.24, 2.45) is 17.6 Å². The molecule has 0 aliphatic heterocycles. The summed E-state index contributed by atoms with van der Waals surface area (Å²) in [6, 6.07) is 0.303. The van der Waals surface area contributed by atoms with Gasteiger partial charge in [-0.05, 0) is 56.8 Å². The first-order valence-corrected chi connectivity index (χ1v) is 9.20. The third-order valence-electron chi connectivity index (χ3n) is 5.20. The normalized spacial score (nSPS) is 26.2. The van der Waals surface area contributed by atoms with Gasteiger partial charge in [-0.3, -0.25) is 4.79 Å². The van der Waals surface area contributed by atoms with Gasteiger partial charge in [0.15, 0.2) is 0 Å². The van der Waals surface area contributed by atoms with Crippen molar-refractivity contribution in [2.75, 3.05) is 0 Å². The fourth-order valence-electron chi connectivity index (χ4n) is 3.80. The summed E-state index contributed by atoms with van der Waals surface area (Å²) in [5.74, 6) is 0.218. The molecule has 4 heteroatoms. The molecule has 0 radical (unpaired) electrons. The fourth-order valence-corrected chi connectivity index (χ4v) is 3.80. The van der Waals surface area contributed by atoms with E-state index in [0.29, 0.717) is 17.9 Å². The predicted molar refractivity (Wildman–Crippen MR) is 89.7 cm³/mol. The van der Waals surface area contributed by atoms with E-state index in [2.05, 4.69) is 6.92 Å². The highest BCUT2D eigenvalue weighted by atomic mass is 16.4. The standard InChI is InChI=1S/C18H35NO3/c1-2-3-4-7-15(19)12-10-14-11-13-17(20)16(14)8-5-6-9-18(21)22/h14-17,20H,2-13,19H2,1H3,(H,21,22)/t14-,15?,16+,17-/m0/s1. The molecule has 4 nitrogen and oxygen atoms in total. The molecule has 0 aromatic carbocycles. The number of unbranched alkanes of at least 4 members (excludes halogenated alkanes) is 3. The summed E-state index contributed by atoms with van der Waals surface area (Å²) in [6.45, 7) is 2.21. The largest absolute Gasteiger partial charge is 0.481 e. The molecule has 0 heterocycles. The van der Waals surface area contributed by atoms with E-state index in [-0.39, 0.29) is 12.5 Å². The maximum atomic E-state index is 10.5. The highest BCUT2D eigenvalue weighted by Gasteiger charge is 2.34. The first-order chi connectivity index (χ1) is 10.5. The van der Waals surface area contributed by atoms with E-state index in [1.165, 1.54) is 19.3 Å². The van der Waals surface area contributed by atoms with Crippen LogP contribution in [-0.4, -0.2) is 28.3 Å². The average molecular weight is 313 g/mol. The van der Waals surface area contributed by atoms with Crippen molar-refractivity contribution < 1.29 is 15.0 Å². The smallest absolute Gasteiger partial charge is 0.303 e. The van der Waals surface area contributed by atoms with Gasteiger partial charge in [0.25, 0.3) is 0 Å². The number of aliphatic carboxylic acids is 1. The van der Waals surface area contributed by atoms with Crippen LogP contribution >= 0.6 is 0 Å². The van der Waals surface area contributed by atoms with Crippen LogP contribution in [0.4, 0.5) is 0 Å². The fraction of sp³-hybridized carbons (Fsp3) is 0.944. The van der Waals surface area contributed by atoms with Crippen LogP contribution in [0, 0.1) is 11.8 Å². The molecule has 1 aliphatic carbocycles. The molecule has 0 bridgehead atoms. The molecule has 1 rings (SSSR count). The highest BCUT2D eigenvalue weighted by molar-refractivity contribution is 5.66. The second-order valence-electron chi connectivity index (χ2n) is 7.04. The summed E-state index contributed by atoms with van der Waals surface area (Å²) in [6.07, 6.45) is 11.7. The van der Waals surface area contributed by atoms with Crippen molar-refractivity contribution in [1.29, 1.82) is 0 Å². The topological polar surface area (TPSA) is 83.5 Å². The van der Waals surface area contributed by atoms with Crippen LogP contribution in [0.1, 0.15) is 84.0 Å². The Hall–Kier alpha value is -0.610. The van der Waals surface area contributed by atoms with Crippen LogP contribution in [0.3, 0.4) is 0 Å². The van der Waals surface area contributed by atoms with E-state index in [0.717, 1.165) is 51.4 Å². The number of aliphatic hydroxyl groups excluding tert-OH is 1. The average Bonchev–Trinajstić information content (AvgIpc) is 2.82. The van der Waals surface area contributed by atoms with Crippen molar-refractivity contribution in [3.63, 3.8) is 0 Å². The van der Waals surface area contributed by atoms with Gasteiger partial charge in [-0.25, -0.2) is 0 Å². The van der Waals surface area contributed by atoms with Gasteiger partial charge in [0, 0.05) is 12.5 Å². The summed E-state index contributed by atoms with van der Waals surface area (Å²) in [4.78, 5) is 10.5. The number of aliphatic hydroxyl groups is 1. The number of carboxylic acids is 1. The van der Waals surface area contributed by atoms with E-state index in [9.17, 15) is 9.90 Å². The third-order valence-corrected chi connectivity index (χ3v) is 5.20. The molecule has 1 aliphatic rings. The summed E-state index contributed by atoms with van der Waals surface area (Å²) in [7, 11) is 0. The van der Waals surface area contributed by atoms with Crippen LogP contribution in [-0.2, 0) is 4.79 Å². The Labute approximate surface area is 135 Å². The first-order valence-electron chi connectivity index (χ1n) is 9.20. The third kappa shape index (κ3) is 7.59. The van der Waals surface area contributed by atoms with Crippen LogP contribution < -0.4 is 5.73 Å². The van der Waals surface area contributed by atoms with Crippen LogP contribution in [0.2, 0.25) is 0 Å². The summed E-state index contributed by atoms with van der Waals surface area (Å²) in [5, 5.41) is 18.8. The lowest BCUT2D eigenvalue weighted by molar-refractivity contribution is -0.137. The van der Waals surface area contributed by atoms with E-state index in [4.69, 9.17) is 10.8 Å². The minimum absolute atomic E-state index is 0.189. The molecular weight excluding hydrogens is 278 g/mol. The highest BCUT2D eigenvalue weighted by Crippen LogP contribution is 2.38. The SMILES string of the molecule is CCCCCC(N)CC[C@H]1CC[C@H](O)[C@@H]1CCCCC(=O)O. The molecule has 1 unspecified atom stereocenters. The maximum absolute atomic E-state index is 10.5. The van der Waals surface area contributed by atoms with Crippen LogP contribution in [0.5, 0.6) is 0 Å². The van der Waals surface area contributed by atoms with Gasteiger partial charge in [-0.1, -0.05) is 32.6 Å². The Kier molecular flexibility index (Phi) is 9.73. The van der Waals surface area contributed by atoms with Crippen molar-refractivity contribution in [3.8, 4) is 0 Å². The molecule has 0 aromatic heterocycles. The Morgan fingerprint density at radius 3 is 2.59 bits per heavy atom. The van der Waals surface area contributed by atoms with Crippen molar-refractivity contribution in [2.45, 2.75) is 96.1 Å². The number of carbonyl (C=O) groups is 1. The van der Waals surface area contributed by atoms with Crippen molar-refractivity contribution in [3.05, 3.63) is 0 Å². The van der Waals surface area contributed by atoms with Gasteiger partial charge in [-0.2, -0.15) is 0 Å². The van der Waals surface area contributed by atoms with Gasteiger partial charge >= 0.3 is 5.97 Å². The number of hydrogen-bond acceptors (Lipinski definition) is 3. The van der Waals surface area contributed by atoms with Gasteiger partial charge in [0.2, 0.25) is 0 Å². The Morgan fingerprint density at radius 2 is 1.91 bits per heavy atom. The van der Waals surface area contributed by atoms with Gasteiger partial charge < -0.3 is 15.9 Å². The van der Waals surface area contributed by atoms with Crippen molar-refractivity contribution in [1.82, 2.24) is 0 Å². The first kappa shape index (κ1) is 19.4. The van der Waals surface area contributed by atoms with Crippen molar-refractivity contribution >= 4 is 5.97 Å². The summed E-state index contributed by atoms with van der Waals surface area (Å²) in [5.41, 5.74) is 6.20. The minimum atomic E-state index is -0.721. The quantitative estimate of drug-likeness (QED) is 0.480. The molecule has 0 saturated heterocycles. The molecule has 22 heavy (non-hydrogen) atoms. The lowest BCUT2D eigenvalue weighted by Crippen LogP contribution is -2.24. The summed E-state index contributed by atoms with van der Waals surface area (Å²) < 4.78 is 0. The van der Waals surface area contributed by atoms with Gasteiger partial charge in [0.1, 0.15) is 0 Å². The Bertz CT molecular complexity index is 309. The Balaban J connectivity index is 2.24. The zero-order valence-electron chi connectivity index (χ0n) is 14.2. The molecule has 1 fully saturated rings. The predicted octanol–water partition coefficient (Wildman–Crippen LogP) is 3.71. The van der Waals surface area contributed by atoms with E-state index in [1.54, 1.807) is 0 Å². The number of carboxylic acid groups (broad SMARTS) is 1. The molecule has 130 valence electrons. The second-order valence-corrected chi connectivity index (χ2v) is 7.04. The number of nitrogens with two attached hydrogens (primary N) is 1. The zero-order chi connectivity index (χ0) is 16.4. The second kappa shape index (κ2) is 11.0. The summed E-state index contributed by atoms with van der Waals surface area (Å²) >= 11 is 0. The van der Waals surface area contributed by atoms with E-state index >= 15 is 0 Å². The molecule has 0 aromatic rings. The molecule has 1 saturated carbocycles. The monoisotopic (exact) mass is 313 g/mol. The van der Waals surface area contributed by atoms with Crippen LogP contribution in [0.15, 0.2) is 0 Å². The molecule has 4 N–H and O–H groups in total. The molecule has 4 atom stereocenters. The molecule has 0 amide bonds. The zero-order valence-corrected chi connectivity index (χ0v) is 14.2. The lowest BCUT2D eigenvalue weighted by Gasteiger charge is -2.23. The number of hydrogen-bond donors (Lipinski definition) is 3. The number of rotatable bonds is 12. The minimum Gasteiger partial charge on any atom is -0.481 e. The Morgan fingerprint density at radius 1 is 1.14 bits per heavy atom. The van der Waals surface area contributed by atoms with Crippen LogP contribution in [0.25, 0.3) is 0 Å². The van der Waals surface area contributed by atoms with E-state index in [1.807, 2.05) is 0 Å². The lowest BCUT2D eigenvalue weighted by atomic mass is 9.85. The van der Waals surface area contributed by atoms with Gasteiger partial charge in [-0.15, -0.1) is 0 Å². The van der Waals surface area contributed by atoms with E-state index < -0.39 is 5.97 Å². The maximum Gasteiger partial charge on any atom is 0.303 e. The molecule has 0 spiro atoms. The van der Waals surface area contributed by atoms with Gasteiger partial charge in [0.05, 0.1) is 6.10 Å². The molecular formula is C18H35NO3.